The van der Waals surface area contributed by atoms with Gasteiger partial charge in [0.2, 0.25) is 5.91 Å². The van der Waals surface area contributed by atoms with Gasteiger partial charge in [-0.2, -0.15) is 0 Å². The molecule has 1 aromatic heterocycles. The van der Waals surface area contributed by atoms with Crippen LogP contribution >= 0.6 is 0 Å². The number of carbonyl (C=O) groups is 1. The summed E-state index contributed by atoms with van der Waals surface area (Å²) < 4.78 is 7.32. The summed E-state index contributed by atoms with van der Waals surface area (Å²) in [6.45, 7) is 1.40. The standard InChI is InChI=1S/C12H18N2O2/c1-14-7-5-10(9-14)4-6-13-12(15)11-3-2-8-16-11/h5,7,9,11H,2-4,6,8H2,1H3,(H,13,15). The second-order valence-electron chi connectivity index (χ2n) is 4.23. The van der Waals surface area contributed by atoms with Crippen molar-refractivity contribution in [3.8, 4) is 0 Å². The van der Waals surface area contributed by atoms with E-state index in [1.807, 2.05) is 17.8 Å². The second-order valence-corrected chi connectivity index (χ2v) is 4.23. The number of amides is 1. The first-order chi connectivity index (χ1) is 7.75. The van der Waals surface area contributed by atoms with Crippen molar-refractivity contribution >= 4 is 5.91 Å². The van der Waals surface area contributed by atoms with Crippen LogP contribution in [0.15, 0.2) is 18.5 Å². The minimum Gasteiger partial charge on any atom is -0.368 e. The van der Waals surface area contributed by atoms with E-state index in [0.717, 1.165) is 25.9 Å². The van der Waals surface area contributed by atoms with E-state index in [9.17, 15) is 4.79 Å². The molecule has 0 aromatic carbocycles. The molecule has 1 aliphatic rings. The molecule has 1 aromatic rings. The first kappa shape index (κ1) is 11.2. The van der Waals surface area contributed by atoms with Crippen LogP contribution in [-0.2, 0) is 23.0 Å². The lowest BCUT2D eigenvalue weighted by atomic mass is 10.2. The lowest BCUT2D eigenvalue weighted by Crippen LogP contribution is -2.35. The lowest BCUT2D eigenvalue weighted by molar-refractivity contribution is -0.129. The van der Waals surface area contributed by atoms with Crippen molar-refractivity contribution in [1.82, 2.24) is 9.88 Å². The normalized spacial score (nSPS) is 19.9. The molecule has 1 fully saturated rings. The Kier molecular flexibility index (Phi) is 3.62. The highest BCUT2D eigenvalue weighted by atomic mass is 16.5. The van der Waals surface area contributed by atoms with E-state index >= 15 is 0 Å². The second kappa shape index (κ2) is 5.16. The molecule has 4 heteroatoms. The average Bonchev–Trinajstić information content (AvgIpc) is 2.89. The van der Waals surface area contributed by atoms with Gasteiger partial charge in [0.05, 0.1) is 0 Å². The van der Waals surface area contributed by atoms with Crippen LogP contribution < -0.4 is 5.32 Å². The van der Waals surface area contributed by atoms with Gasteiger partial charge in [-0.15, -0.1) is 0 Å². The summed E-state index contributed by atoms with van der Waals surface area (Å²) in [5, 5.41) is 2.91. The van der Waals surface area contributed by atoms with Crippen molar-refractivity contribution in [3.63, 3.8) is 0 Å². The summed E-state index contributed by atoms with van der Waals surface area (Å²) in [5.74, 6) is 0.0356. The Morgan fingerprint density at radius 3 is 3.19 bits per heavy atom. The Hall–Kier alpha value is -1.29. The number of nitrogens with zero attached hydrogens (tertiary/aromatic N) is 1. The fourth-order valence-corrected chi connectivity index (χ4v) is 1.94. The molecule has 0 radical (unpaired) electrons. The minimum atomic E-state index is -0.212. The number of rotatable bonds is 4. The Morgan fingerprint density at radius 1 is 1.69 bits per heavy atom. The zero-order chi connectivity index (χ0) is 11.4. The molecule has 0 spiro atoms. The molecule has 4 nitrogen and oxygen atoms in total. The zero-order valence-electron chi connectivity index (χ0n) is 9.61. The molecule has 1 amide bonds. The molecule has 88 valence electrons. The number of nitrogens with one attached hydrogen (secondary N) is 1. The number of hydrogen-bond donors (Lipinski definition) is 1. The third-order valence-electron chi connectivity index (χ3n) is 2.83. The summed E-state index contributed by atoms with van der Waals surface area (Å²) in [6.07, 6.45) is 6.60. The maximum Gasteiger partial charge on any atom is 0.249 e. The van der Waals surface area contributed by atoms with E-state index < -0.39 is 0 Å². The van der Waals surface area contributed by atoms with Gasteiger partial charge in [0.1, 0.15) is 6.10 Å². The molecule has 16 heavy (non-hydrogen) atoms. The molecular formula is C12H18N2O2. The van der Waals surface area contributed by atoms with Crippen LogP contribution in [0.3, 0.4) is 0 Å². The molecule has 2 rings (SSSR count). The first-order valence-electron chi connectivity index (χ1n) is 5.76. The predicted octanol–water partition coefficient (Wildman–Crippen LogP) is 0.863. The number of carbonyl (C=O) groups excluding carboxylic acids is 1. The van der Waals surface area contributed by atoms with Gasteiger partial charge >= 0.3 is 0 Å². The smallest absolute Gasteiger partial charge is 0.249 e. The van der Waals surface area contributed by atoms with E-state index in [0.29, 0.717) is 6.54 Å². The molecule has 1 N–H and O–H groups in total. The zero-order valence-corrected chi connectivity index (χ0v) is 9.61. The van der Waals surface area contributed by atoms with E-state index in [-0.39, 0.29) is 12.0 Å². The van der Waals surface area contributed by atoms with Crippen molar-refractivity contribution in [1.29, 1.82) is 0 Å². The molecule has 1 atom stereocenters. The Labute approximate surface area is 95.6 Å². The van der Waals surface area contributed by atoms with Crippen molar-refractivity contribution in [2.24, 2.45) is 7.05 Å². The van der Waals surface area contributed by atoms with Crippen LogP contribution in [-0.4, -0.2) is 29.7 Å². The van der Waals surface area contributed by atoms with Gasteiger partial charge in [-0.1, -0.05) is 0 Å². The fraction of sp³-hybridized carbons (Fsp3) is 0.583. The van der Waals surface area contributed by atoms with Crippen molar-refractivity contribution in [2.75, 3.05) is 13.2 Å². The summed E-state index contributed by atoms with van der Waals surface area (Å²) in [5.41, 5.74) is 1.25. The number of aryl methyl sites for hydroxylation is 1. The van der Waals surface area contributed by atoms with Crippen LogP contribution in [0.1, 0.15) is 18.4 Å². The first-order valence-corrected chi connectivity index (χ1v) is 5.76. The third kappa shape index (κ3) is 2.85. The highest BCUT2D eigenvalue weighted by Crippen LogP contribution is 2.11. The highest BCUT2D eigenvalue weighted by molar-refractivity contribution is 5.80. The monoisotopic (exact) mass is 222 g/mol. The minimum absolute atomic E-state index is 0.0356. The van der Waals surface area contributed by atoms with Crippen LogP contribution in [0.25, 0.3) is 0 Å². The molecule has 0 saturated carbocycles. The predicted molar refractivity (Wildman–Crippen MR) is 61.1 cm³/mol. The van der Waals surface area contributed by atoms with Crippen LogP contribution in [0, 0.1) is 0 Å². The van der Waals surface area contributed by atoms with Crippen molar-refractivity contribution < 1.29 is 9.53 Å². The Balaban J connectivity index is 1.69. The Morgan fingerprint density at radius 2 is 2.56 bits per heavy atom. The topological polar surface area (TPSA) is 43.3 Å². The van der Waals surface area contributed by atoms with Gasteiger partial charge < -0.3 is 14.6 Å². The molecule has 1 unspecified atom stereocenters. The SMILES string of the molecule is Cn1ccc(CCNC(=O)C2CCCO2)c1. The summed E-state index contributed by atoms with van der Waals surface area (Å²) >= 11 is 0. The number of hydrogen-bond acceptors (Lipinski definition) is 2. The lowest BCUT2D eigenvalue weighted by Gasteiger charge is -2.09. The summed E-state index contributed by atoms with van der Waals surface area (Å²) in [6, 6.07) is 2.07. The molecule has 2 heterocycles. The maximum absolute atomic E-state index is 11.6. The van der Waals surface area contributed by atoms with Gasteiger partial charge in [-0.25, -0.2) is 0 Å². The van der Waals surface area contributed by atoms with E-state index in [4.69, 9.17) is 4.74 Å². The van der Waals surface area contributed by atoms with E-state index in [1.54, 1.807) is 0 Å². The summed E-state index contributed by atoms with van der Waals surface area (Å²) in [4.78, 5) is 11.6. The maximum atomic E-state index is 11.6. The van der Waals surface area contributed by atoms with E-state index in [2.05, 4.69) is 17.6 Å². The van der Waals surface area contributed by atoms with Crippen molar-refractivity contribution in [2.45, 2.75) is 25.4 Å². The fourth-order valence-electron chi connectivity index (χ4n) is 1.94. The molecular weight excluding hydrogens is 204 g/mol. The third-order valence-corrected chi connectivity index (χ3v) is 2.83. The molecule has 1 saturated heterocycles. The molecule has 0 bridgehead atoms. The van der Waals surface area contributed by atoms with Gasteiger partial charge in [0, 0.05) is 32.6 Å². The van der Waals surface area contributed by atoms with Crippen LogP contribution in [0.4, 0.5) is 0 Å². The highest BCUT2D eigenvalue weighted by Gasteiger charge is 2.22. The Bertz CT molecular complexity index is 354. The number of ether oxygens (including phenoxy) is 1. The quantitative estimate of drug-likeness (QED) is 0.821. The molecule has 0 aliphatic carbocycles. The summed E-state index contributed by atoms with van der Waals surface area (Å²) in [7, 11) is 1.99. The van der Waals surface area contributed by atoms with Crippen LogP contribution in [0.2, 0.25) is 0 Å². The number of aromatic nitrogens is 1. The largest absolute Gasteiger partial charge is 0.368 e. The van der Waals surface area contributed by atoms with Gasteiger partial charge in [-0.3, -0.25) is 4.79 Å². The van der Waals surface area contributed by atoms with E-state index in [1.165, 1.54) is 5.56 Å². The molecule has 1 aliphatic heterocycles. The van der Waals surface area contributed by atoms with Gasteiger partial charge in [0.25, 0.3) is 0 Å². The van der Waals surface area contributed by atoms with Gasteiger partial charge in [-0.05, 0) is 30.9 Å². The van der Waals surface area contributed by atoms with Gasteiger partial charge in [0.15, 0.2) is 0 Å². The average molecular weight is 222 g/mol. The van der Waals surface area contributed by atoms with Crippen LogP contribution in [0.5, 0.6) is 0 Å². The van der Waals surface area contributed by atoms with Crippen molar-refractivity contribution in [3.05, 3.63) is 24.0 Å².